The average Bonchev–Trinajstić information content (AvgIpc) is 3.24. The van der Waals surface area contributed by atoms with Crippen molar-refractivity contribution >= 4 is 11.9 Å². The van der Waals surface area contributed by atoms with Crippen LogP contribution < -0.4 is 10.1 Å². The van der Waals surface area contributed by atoms with E-state index in [1.807, 2.05) is 48.1 Å². The Labute approximate surface area is 171 Å². The molecule has 0 amide bonds. The van der Waals surface area contributed by atoms with E-state index >= 15 is 0 Å². The number of guanidine groups is 1. The molecule has 0 atom stereocenters. The Morgan fingerprint density at radius 1 is 1.24 bits per heavy atom. The van der Waals surface area contributed by atoms with Crippen LogP contribution in [-0.4, -0.2) is 60.5 Å². The Balaban J connectivity index is 1.52. The molecule has 8 heteroatoms. The predicted octanol–water partition coefficient (Wildman–Crippen LogP) is 2.23. The third-order valence-corrected chi connectivity index (χ3v) is 5.04. The minimum absolute atomic E-state index is 0.00972. The molecule has 0 saturated carbocycles. The first-order valence-corrected chi connectivity index (χ1v) is 9.95. The molecular weight excluding hydrogens is 370 g/mol. The van der Waals surface area contributed by atoms with Gasteiger partial charge in [0, 0.05) is 26.3 Å². The second kappa shape index (κ2) is 9.95. The monoisotopic (exact) mass is 399 g/mol. The van der Waals surface area contributed by atoms with Gasteiger partial charge in [0.2, 0.25) is 0 Å². The van der Waals surface area contributed by atoms with Gasteiger partial charge in [0.1, 0.15) is 5.75 Å². The van der Waals surface area contributed by atoms with Crippen LogP contribution >= 0.6 is 0 Å². The fourth-order valence-corrected chi connectivity index (χ4v) is 3.42. The van der Waals surface area contributed by atoms with Crippen molar-refractivity contribution in [2.75, 3.05) is 33.9 Å². The zero-order valence-corrected chi connectivity index (χ0v) is 17.3. The van der Waals surface area contributed by atoms with Crippen molar-refractivity contribution in [2.45, 2.75) is 26.3 Å². The van der Waals surface area contributed by atoms with E-state index in [9.17, 15) is 4.79 Å². The first kappa shape index (κ1) is 20.7. The maximum Gasteiger partial charge on any atom is 0.309 e. The van der Waals surface area contributed by atoms with Gasteiger partial charge in [0.25, 0.3) is 0 Å². The van der Waals surface area contributed by atoms with Crippen LogP contribution in [0.2, 0.25) is 0 Å². The number of nitrogens with zero attached hydrogens (tertiary/aromatic N) is 4. The number of ether oxygens (including phenoxy) is 2. The van der Waals surface area contributed by atoms with Gasteiger partial charge in [-0.25, -0.2) is 4.68 Å². The molecule has 0 spiro atoms. The van der Waals surface area contributed by atoms with Crippen molar-refractivity contribution in [3.8, 4) is 11.4 Å². The zero-order chi connectivity index (χ0) is 20.6. The van der Waals surface area contributed by atoms with Gasteiger partial charge in [0.15, 0.2) is 5.96 Å². The van der Waals surface area contributed by atoms with Gasteiger partial charge in [-0.05, 0) is 50.1 Å². The molecule has 0 bridgehead atoms. The van der Waals surface area contributed by atoms with Gasteiger partial charge in [-0.1, -0.05) is 0 Å². The molecule has 156 valence electrons. The number of hydrogen-bond acceptors (Lipinski definition) is 5. The minimum Gasteiger partial charge on any atom is -0.497 e. The average molecular weight is 399 g/mol. The van der Waals surface area contributed by atoms with Crippen LogP contribution in [-0.2, 0) is 16.1 Å². The minimum atomic E-state index is -0.0841. The molecule has 0 unspecified atom stereocenters. The van der Waals surface area contributed by atoms with E-state index in [2.05, 4.69) is 20.3 Å². The summed E-state index contributed by atoms with van der Waals surface area (Å²) in [5.41, 5.74) is 1.89. The van der Waals surface area contributed by atoms with E-state index in [1.54, 1.807) is 14.2 Å². The molecule has 1 aromatic carbocycles. The van der Waals surface area contributed by atoms with E-state index in [4.69, 9.17) is 9.47 Å². The third kappa shape index (κ3) is 5.28. The number of nitrogens with one attached hydrogen (secondary N) is 1. The number of carbonyl (C=O) groups excluding carboxylic acids is 1. The molecule has 1 fully saturated rings. The highest BCUT2D eigenvalue weighted by molar-refractivity contribution is 5.80. The van der Waals surface area contributed by atoms with Crippen molar-refractivity contribution in [3.63, 3.8) is 0 Å². The lowest BCUT2D eigenvalue weighted by Gasteiger charge is -2.33. The van der Waals surface area contributed by atoms with Crippen LogP contribution in [0.1, 0.15) is 25.5 Å². The fourth-order valence-electron chi connectivity index (χ4n) is 3.42. The number of methoxy groups -OCH3 is 1. The van der Waals surface area contributed by atoms with E-state index in [0.29, 0.717) is 13.2 Å². The zero-order valence-electron chi connectivity index (χ0n) is 17.3. The number of benzene rings is 1. The van der Waals surface area contributed by atoms with E-state index in [1.165, 1.54) is 0 Å². The Bertz CT molecular complexity index is 823. The molecule has 1 aliphatic heterocycles. The summed E-state index contributed by atoms with van der Waals surface area (Å²) in [6.07, 6.45) is 3.50. The van der Waals surface area contributed by atoms with Crippen molar-refractivity contribution in [3.05, 3.63) is 42.2 Å². The van der Waals surface area contributed by atoms with Crippen LogP contribution in [0.3, 0.4) is 0 Å². The normalized spacial score (nSPS) is 15.3. The maximum absolute atomic E-state index is 11.9. The summed E-state index contributed by atoms with van der Waals surface area (Å²) in [7, 11) is 3.43. The number of hydrogen-bond donors (Lipinski definition) is 1. The van der Waals surface area contributed by atoms with Crippen LogP contribution in [0.5, 0.6) is 5.75 Å². The Kier molecular flexibility index (Phi) is 7.10. The lowest BCUT2D eigenvalue weighted by Crippen LogP contribution is -2.46. The summed E-state index contributed by atoms with van der Waals surface area (Å²) in [6.45, 7) is 4.42. The van der Waals surface area contributed by atoms with Crippen molar-refractivity contribution in [2.24, 2.45) is 10.9 Å². The van der Waals surface area contributed by atoms with Gasteiger partial charge in [-0.15, -0.1) is 0 Å². The van der Waals surface area contributed by atoms with Crippen molar-refractivity contribution < 1.29 is 14.3 Å². The van der Waals surface area contributed by atoms with E-state index in [0.717, 1.165) is 49.0 Å². The largest absolute Gasteiger partial charge is 0.497 e. The van der Waals surface area contributed by atoms with Gasteiger partial charge < -0.3 is 19.7 Å². The van der Waals surface area contributed by atoms with Gasteiger partial charge >= 0.3 is 5.97 Å². The molecule has 0 aliphatic carbocycles. The summed E-state index contributed by atoms with van der Waals surface area (Å²) in [5, 5.41) is 7.99. The number of carbonyl (C=O) groups is 1. The Morgan fingerprint density at radius 3 is 2.59 bits per heavy atom. The molecule has 0 radical (unpaired) electrons. The molecule has 1 aliphatic rings. The van der Waals surface area contributed by atoms with Gasteiger partial charge in [0.05, 0.1) is 37.6 Å². The molecule has 1 saturated heterocycles. The quantitative estimate of drug-likeness (QED) is 0.456. The summed E-state index contributed by atoms with van der Waals surface area (Å²) in [6, 6.07) is 9.75. The molecular formula is C21H29N5O3. The summed E-state index contributed by atoms with van der Waals surface area (Å²) in [4.78, 5) is 18.5. The molecule has 8 nitrogen and oxygen atoms in total. The van der Waals surface area contributed by atoms with Crippen molar-refractivity contribution in [1.29, 1.82) is 0 Å². The SMILES string of the molecule is CCOC(=O)C1CCN(C(=NC)NCc2ccn(-c3ccc(OC)cc3)n2)CC1. The molecule has 29 heavy (non-hydrogen) atoms. The van der Waals surface area contributed by atoms with Crippen molar-refractivity contribution in [1.82, 2.24) is 20.0 Å². The van der Waals surface area contributed by atoms with Crippen LogP contribution in [0.4, 0.5) is 0 Å². The highest BCUT2D eigenvalue weighted by Gasteiger charge is 2.27. The Hall–Kier alpha value is -3.03. The highest BCUT2D eigenvalue weighted by Crippen LogP contribution is 2.19. The first-order chi connectivity index (χ1) is 14.1. The number of rotatable bonds is 6. The standard InChI is InChI=1S/C21H29N5O3/c1-4-29-20(27)16-9-12-25(13-10-16)21(22-2)23-15-17-11-14-26(24-17)18-5-7-19(28-3)8-6-18/h5-8,11,14,16H,4,9-10,12-13,15H2,1-3H3,(H,22,23). The topological polar surface area (TPSA) is 81.0 Å². The molecule has 2 aromatic rings. The number of esters is 1. The van der Waals surface area contributed by atoms with Crippen LogP contribution in [0, 0.1) is 5.92 Å². The van der Waals surface area contributed by atoms with E-state index in [-0.39, 0.29) is 11.9 Å². The number of likely N-dealkylation sites (tertiary alicyclic amines) is 1. The number of aliphatic imine (C=N–C) groups is 1. The number of piperidine rings is 1. The van der Waals surface area contributed by atoms with Gasteiger partial charge in [-0.3, -0.25) is 9.79 Å². The highest BCUT2D eigenvalue weighted by atomic mass is 16.5. The predicted molar refractivity (Wildman–Crippen MR) is 111 cm³/mol. The van der Waals surface area contributed by atoms with Crippen LogP contribution in [0.25, 0.3) is 5.69 Å². The molecule has 2 heterocycles. The summed E-state index contributed by atoms with van der Waals surface area (Å²) < 4.78 is 12.2. The van der Waals surface area contributed by atoms with E-state index < -0.39 is 0 Å². The lowest BCUT2D eigenvalue weighted by molar-refractivity contribution is -0.149. The molecule has 1 aromatic heterocycles. The lowest BCUT2D eigenvalue weighted by atomic mass is 9.97. The van der Waals surface area contributed by atoms with Crippen LogP contribution in [0.15, 0.2) is 41.5 Å². The second-order valence-corrected chi connectivity index (χ2v) is 6.86. The summed E-state index contributed by atoms with van der Waals surface area (Å²) >= 11 is 0. The third-order valence-electron chi connectivity index (χ3n) is 5.04. The maximum atomic E-state index is 11.9. The number of aromatic nitrogens is 2. The summed E-state index contributed by atoms with van der Waals surface area (Å²) in [5.74, 6) is 1.55. The van der Waals surface area contributed by atoms with Gasteiger partial charge in [-0.2, -0.15) is 5.10 Å². The second-order valence-electron chi connectivity index (χ2n) is 6.86. The smallest absolute Gasteiger partial charge is 0.309 e. The molecule has 3 rings (SSSR count). The molecule has 1 N–H and O–H groups in total. The first-order valence-electron chi connectivity index (χ1n) is 9.95. The Morgan fingerprint density at radius 2 is 1.97 bits per heavy atom. The fraction of sp³-hybridized carbons (Fsp3) is 0.476.